The summed E-state index contributed by atoms with van der Waals surface area (Å²) in [4.78, 5) is 14.5. The number of nitrogens with zero attached hydrogens (tertiary/aromatic N) is 1. The summed E-state index contributed by atoms with van der Waals surface area (Å²) in [5, 5.41) is 3.05. The van der Waals surface area contributed by atoms with Crippen molar-refractivity contribution in [3.05, 3.63) is 54.0 Å². The lowest BCUT2D eigenvalue weighted by Crippen LogP contribution is -2.43. The zero-order chi connectivity index (χ0) is 18.9. The Bertz CT molecular complexity index is 695. The number of carbonyl (C=O) groups excluding carboxylic acids is 1. The Morgan fingerprint density at radius 1 is 1.19 bits per heavy atom. The largest absolute Gasteiger partial charge is 0.494 e. The van der Waals surface area contributed by atoms with E-state index in [2.05, 4.69) is 10.2 Å². The monoisotopic (exact) mass is 372 g/mol. The van der Waals surface area contributed by atoms with E-state index in [-0.39, 0.29) is 11.9 Å². The molecule has 1 unspecified atom stereocenters. The number of furan rings is 1. The molecular weight excluding hydrogens is 344 g/mol. The minimum Gasteiger partial charge on any atom is -0.494 e. The highest BCUT2D eigenvalue weighted by molar-refractivity contribution is 5.75. The fraction of sp³-hybridized carbons (Fsp3) is 0.476. The van der Waals surface area contributed by atoms with E-state index in [0.29, 0.717) is 39.2 Å². The molecule has 1 atom stereocenters. The smallest absolute Gasteiger partial charge is 0.220 e. The van der Waals surface area contributed by atoms with Gasteiger partial charge in [-0.05, 0) is 37.6 Å². The summed E-state index contributed by atoms with van der Waals surface area (Å²) in [5.41, 5.74) is 0. The number of hydrogen-bond acceptors (Lipinski definition) is 5. The molecule has 0 radical (unpaired) electrons. The van der Waals surface area contributed by atoms with Gasteiger partial charge in [-0.3, -0.25) is 9.69 Å². The highest BCUT2D eigenvalue weighted by atomic mass is 16.5. The summed E-state index contributed by atoms with van der Waals surface area (Å²) >= 11 is 0. The van der Waals surface area contributed by atoms with Gasteiger partial charge in [0.15, 0.2) is 0 Å². The molecule has 27 heavy (non-hydrogen) atoms. The highest BCUT2D eigenvalue weighted by Gasteiger charge is 2.25. The Balaban J connectivity index is 1.44. The second-order valence-corrected chi connectivity index (χ2v) is 6.68. The molecule has 0 saturated carbocycles. The molecule has 0 bridgehead atoms. The van der Waals surface area contributed by atoms with Crippen LogP contribution in [0.4, 0.5) is 0 Å². The number of carbonyl (C=O) groups is 1. The number of benzene rings is 1. The van der Waals surface area contributed by atoms with Crippen molar-refractivity contribution >= 4 is 5.91 Å². The van der Waals surface area contributed by atoms with Gasteiger partial charge in [0.25, 0.3) is 0 Å². The summed E-state index contributed by atoms with van der Waals surface area (Å²) in [6.07, 6.45) is 1.13. The van der Waals surface area contributed by atoms with Gasteiger partial charge < -0.3 is 19.2 Å². The third-order valence-electron chi connectivity index (χ3n) is 4.63. The van der Waals surface area contributed by atoms with Crippen LogP contribution in [0.1, 0.15) is 30.4 Å². The number of rotatable bonds is 9. The van der Waals surface area contributed by atoms with Crippen molar-refractivity contribution in [2.75, 3.05) is 39.5 Å². The van der Waals surface area contributed by atoms with E-state index in [0.717, 1.165) is 30.4 Å². The van der Waals surface area contributed by atoms with Gasteiger partial charge >= 0.3 is 0 Å². The molecule has 1 aliphatic heterocycles. The molecule has 0 spiro atoms. The van der Waals surface area contributed by atoms with Crippen molar-refractivity contribution in [1.29, 1.82) is 0 Å². The predicted octanol–water partition coefficient (Wildman–Crippen LogP) is 2.94. The Morgan fingerprint density at radius 2 is 1.96 bits per heavy atom. The first kappa shape index (κ1) is 19.5. The number of ether oxygens (including phenoxy) is 2. The van der Waals surface area contributed by atoms with Crippen molar-refractivity contribution in [3.63, 3.8) is 0 Å². The fourth-order valence-corrected chi connectivity index (χ4v) is 3.17. The van der Waals surface area contributed by atoms with E-state index in [1.165, 1.54) is 0 Å². The van der Waals surface area contributed by atoms with Crippen molar-refractivity contribution < 1.29 is 18.7 Å². The zero-order valence-corrected chi connectivity index (χ0v) is 15.9. The lowest BCUT2D eigenvalue weighted by molar-refractivity contribution is -0.121. The summed E-state index contributed by atoms with van der Waals surface area (Å²) in [5.74, 6) is 2.64. The summed E-state index contributed by atoms with van der Waals surface area (Å²) < 4.78 is 16.9. The Morgan fingerprint density at radius 3 is 2.67 bits per heavy atom. The van der Waals surface area contributed by atoms with Gasteiger partial charge in [0, 0.05) is 26.1 Å². The zero-order valence-electron chi connectivity index (χ0n) is 15.9. The molecule has 1 saturated heterocycles. The average molecular weight is 372 g/mol. The predicted molar refractivity (Wildman–Crippen MR) is 103 cm³/mol. The Labute approximate surface area is 160 Å². The van der Waals surface area contributed by atoms with Crippen molar-refractivity contribution in [2.24, 2.45) is 0 Å². The van der Waals surface area contributed by atoms with Gasteiger partial charge in [-0.2, -0.15) is 0 Å². The van der Waals surface area contributed by atoms with Crippen LogP contribution < -0.4 is 10.1 Å². The van der Waals surface area contributed by atoms with Crippen LogP contribution in [0.25, 0.3) is 0 Å². The lowest BCUT2D eigenvalue weighted by Gasteiger charge is -2.33. The quantitative estimate of drug-likeness (QED) is 0.686. The summed E-state index contributed by atoms with van der Waals surface area (Å²) in [7, 11) is 0. The van der Waals surface area contributed by atoms with Crippen LogP contribution in [0, 0.1) is 6.92 Å². The van der Waals surface area contributed by atoms with Crippen LogP contribution in [0.5, 0.6) is 5.75 Å². The highest BCUT2D eigenvalue weighted by Crippen LogP contribution is 2.23. The molecule has 1 N–H and O–H groups in total. The Hall–Kier alpha value is -2.31. The topological polar surface area (TPSA) is 63.9 Å². The maximum absolute atomic E-state index is 12.2. The number of morpholine rings is 1. The van der Waals surface area contributed by atoms with Gasteiger partial charge in [0.2, 0.25) is 5.91 Å². The number of aryl methyl sites for hydroxylation is 1. The van der Waals surface area contributed by atoms with Crippen LogP contribution in [0.3, 0.4) is 0 Å². The van der Waals surface area contributed by atoms with Gasteiger partial charge in [-0.15, -0.1) is 0 Å². The van der Waals surface area contributed by atoms with E-state index >= 15 is 0 Å². The van der Waals surface area contributed by atoms with Crippen LogP contribution in [-0.2, 0) is 9.53 Å². The van der Waals surface area contributed by atoms with E-state index < -0.39 is 0 Å². The van der Waals surface area contributed by atoms with Crippen LogP contribution in [0.15, 0.2) is 46.9 Å². The SMILES string of the molecule is Cc1ccc(C(CNC(=O)CCCOc2ccccc2)N2CCOCC2)o1. The number of para-hydroxylation sites is 1. The van der Waals surface area contributed by atoms with Crippen molar-refractivity contribution in [1.82, 2.24) is 10.2 Å². The van der Waals surface area contributed by atoms with Gasteiger partial charge in [0.05, 0.1) is 25.9 Å². The second kappa shape index (κ2) is 10.1. The number of amides is 1. The second-order valence-electron chi connectivity index (χ2n) is 6.68. The van der Waals surface area contributed by atoms with Crippen molar-refractivity contribution in [3.8, 4) is 5.75 Å². The first-order chi connectivity index (χ1) is 13.2. The summed E-state index contributed by atoms with van der Waals surface area (Å²) in [6.45, 7) is 6.09. The molecular formula is C21H28N2O4. The van der Waals surface area contributed by atoms with Gasteiger partial charge in [-0.1, -0.05) is 18.2 Å². The van der Waals surface area contributed by atoms with E-state index in [1.807, 2.05) is 49.4 Å². The molecule has 1 aromatic heterocycles. The van der Waals surface area contributed by atoms with Crippen LogP contribution >= 0.6 is 0 Å². The van der Waals surface area contributed by atoms with Crippen LogP contribution in [0.2, 0.25) is 0 Å². The molecule has 1 aromatic carbocycles. The van der Waals surface area contributed by atoms with Gasteiger partial charge in [0.1, 0.15) is 17.3 Å². The molecule has 1 fully saturated rings. The van der Waals surface area contributed by atoms with E-state index in [1.54, 1.807) is 0 Å². The molecule has 2 aromatic rings. The first-order valence-electron chi connectivity index (χ1n) is 9.55. The standard InChI is InChI=1S/C21H28N2O4/c1-17-9-10-20(27-17)19(23-11-14-25-15-12-23)16-22-21(24)8-5-13-26-18-6-3-2-4-7-18/h2-4,6-7,9-10,19H,5,8,11-16H2,1H3,(H,22,24). The van der Waals surface area contributed by atoms with Gasteiger partial charge in [-0.25, -0.2) is 0 Å². The van der Waals surface area contributed by atoms with E-state index in [9.17, 15) is 4.79 Å². The molecule has 1 amide bonds. The molecule has 1 aliphatic rings. The normalized spacial score (nSPS) is 16.0. The molecule has 0 aliphatic carbocycles. The Kier molecular flexibility index (Phi) is 7.30. The number of hydrogen-bond donors (Lipinski definition) is 1. The lowest BCUT2D eigenvalue weighted by atomic mass is 10.1. The minimum atomic E-state index is 0.0344. The molecule has 6 heteroatoms. The van der Waals surface area contributed by atoms with Crippen LogP contribution in [-0.4, -0.2) is 50.3 Å². The maximum Gasteiger partial charge on any atom is 0.220 e. The third kappa shape index (κ3) is 6.12. The molecule has 146 valence electrons. The first-order valence-corrected chi connectivity index (χ1v) is 9.55. The third-order valence-corrected chi connectivity index (χ3v) is 4.63. The minimum absolute atomic E-state index is 0.0344. The summed E-state index contributed by atoms with van der Waals surface area (Å²) in [6, 6.07) is 13.6. The average Bonchev–Trinajstić information content (AvgIpc) is 3.13. The molecule has 6 nitrogen and oxygen atoms in total. The van der Waals surface area contributed by atoms with E-state index in [4.69, 9.17) is 13.9 Å². The molecule has 3 rings (SSSR count). The number of nitrogens with one attached hydrogen (secondary N) is 1. The van der Waals surface area contributed by atoms with Crippen molar-refractivity contribution in [2.45, 2.75) is 25.8 Å². The fourth-order valence-electron chi connectivity index (χ4n) is 3.17. The maximum atomic E-state index is 12.2. The molecule has 2 heterocycles.